The summed E-state index contributed by atoms with van der Waals surface area (Å²) in [4.78, 5) is 27.3. The molecular weight excluding hydrogens is 356 g/mol. The number of H-pyrrole nitrogens is 1. The van der Waals surface area contributed by atoms with Crippen LogP contribution >= 0.6 is 0 Å². The first-order chi connectivity index (χ1) is 13.3. The molecule has 3 rings (SSSR count). The van der Waals surface area contributed by atoms with E-state index < -0.39 is 5.97 Å². The van der Waals surface area contributed by atoms with Crippen LogP contribution in [0.5, 0.6) is 0 Å². The molecule has 0 saturated heterocycles. The van der Waals surface area contributed by atoms with Crippen molar-refractivity contribution in [1.29, 1.82) is 0 Å². The highest BCUT2D eigenvalue weighted by atomic mass is 16.5. The number of nitrogens with one attached hydrogen (secondary N) is 2. The van der Waals surface area contributed by atoms with Gasteiger partial charge in [-0.1, -0.05) is 12.1 Å². The summed E-state index contributed by atoms with van der Waals surface area (Å²) < 4.78 is 6.53. The number of nitrogens with zero attached hydrogens (tertiary/aromatic N) is 2. The molecular formula is C21H24N4O3. The van der Waals surface area contributed by atoms with Gasteiger partial charge in [-0.15, -0.1) is 0 Å². The molecule has 0 aliphatic carbocycles. The third kappa shape index (κ3) is 3.69. The van der Waals surface area contributed by atoms with Gasteiger partial charge in [-0.25, -0.2) is 4.79 Å². The molecule has 1 atom stereocenters. The Morgan fingerprint density at radius 1 is 1.21 bits per heavy atom. The third-order valence-corrected chi connectivity index (χ3v) is 4.89. The summed E-state index contributed by atoms with van der Waals surface area (Å²) in [5, 5.41) is 7.46. The molecule has 3 aromatic rings. The number of ether oxygens (including phenoxy) is 1. The average molecular weight is 380 g/mol. The number of aromatic amines is 1. The standard InChI is InChI=1S/C21H24N4O3/c1-12(19-13(2)24-25(4)14(19)3)23-20(26)16-8-6-7-15(9-16)17-10-18(22-11-17)21(27)28-5/h6-12,22H,1-5H3,(H,23,26)/t12-/m0/s1. The number of amides is 1. The summed E-state index contributed by atoms with van der Waals surface area (Å²) in [5.74, 6) is -0.600. The van der Waals surface area contributed by atoms with Crippen LogP contribution in [0.15, 0.2) is 36.5 Å². The molecule has 146 valence electrons. The highest BCUT2D eigenvalue weighted by molar-refractivity contribution is 5.96. The van der Waals surface area contributed by atoms with Crippen molar-refractivity contribution in [3.63, 3.8) is 0 Å². The van der Waals surface area contributed by atoms with Crippen LogP contribution < -0.4 is 5.32 Å². The van der Waals surface area contributed by atoms with Crippen molar-refractivity contribution in [3.05, 3.63) is 64.7 Å². The van der Waals surface area contributed by atoms with Crippen LogP contribution in [0.25, 0.3) is 11.1 Å². The van der Waals surface area contributed by atoms with Gasteiger partial charge in [-0.3, -0.25) is 9.48 Å². The van der Waals surface area contributed by atoms with Gasteiger partial charge in [0.2, 0.25) is 0 Å². The number of methoxy groups -OCH3 is 1. The normalized spacial score (nSPS) is 11.9. The Labute approximate surface area is 163 Å². The second kappa shape index (κ2) is 7.72. The number of aromatic nitrogens is 3. The molecule has 7 heteroatoms. The molecule has 7 nitrogen and oxygen atoms in total. The highest BCUT2D eigenvalue weighted by Crippen LogP contribution is 2.24. The second-order valence-electron chi connectivity index (χ2n) is 6.78. The summed E-state index contributed by atoms with van der Waals surface area (Å²) in [7, 11) is 3.23. The van der Waals surface area contributed by atoms with Gasteiger partial charge < -0.3 is 15.0 Å². The smallest absolute Gasteiger partial charge is 0.354 e. The zero-order valence-electron chi connectivity index (χ0n) is 16.7. The number of hydrogen-bond acceptors (Lipinski definition) is 4. The largest absolute Gasteiger partial charge is 0.464 e. The van der Waals surface area contributed by atoms with Crippen LogP contribution in [-0.2, 0) is 11.8 Å². The van der Waals surface area contributed by atoms with Crippen LogP contribution in [-0.4, -0.2) is 33.8 Å². The van der Waals surface area contributed by atoms with Crippen molar-refractivity contribution < 1.29 is 14.3 Å². The summed E-state index contributed by atoms with van der Waals surface area (Å²) in [6.45, 7) is 5.88. The Morgan fingerprint density at radius 2 is 1.96 bits per heavy atom. The van der Waals surface area contributed by atoms with Crippen molar-refractivity contribution in [1.82, 2.24) is 20.1 Å². The first-order valence-corrected chi connectivity index (χ1v) is 9.00. The average Bonchev–Trinajstić information content (AvgIpc) is 3.26. The number of carbonyl (C=O) groups excluding carboxylic acids is 2. The van der Waals surface area contributed by atoms with Crippen molar-refractivity contribution in [2.45, 2.75) is 26.8 Å². The van der Waals surface area contributed by atoms with Gasteiger partial charge in [-0.2, -0.15) is 5.10 Å². The molecule has 0 bridgehead atoms. The van der Waals surface area contributed by atoms with E-state index >= 15 is 0 Å². The molecule has 0 radical (unpaired) electrons. The molecule has 2 N–H and O–H groups in total. The van der Waals surface area contributed by atoms with Crippen LogP contribution in [0.4, 0.5) is 0 Å². The van der Waals surface area contributed by atoms with E-state index in [1.165, 1.54) is 7.11 Å². The molecule has 2 aromatic heterocycles. The van der Waals surface area contributed by atoms with Crippen LogP contribution in [0.2, 0.25) is 0 Å². The summed E-state index contributed by atoms with van der Waals surface area (Å²) in [6.07, 6.45) is 1.72. The fourth-order valence-electron chi connectivity index (χ4n) is 3.40. The maximum atomic E-state index is 12.8. The number of aryl methyl sites for hydroxylation is 2. The minimum atomic E-state index is -0.434. The maximum Gasteiger partial charge on any atom is 0.354 e. The number of benzene rings is 1. The molecule has 0 aliphatic rings. The Kier molecular flexibility index (Phi) is 5.35. The van der Waals surface area contributed by atoms with E-state index in [-0.39, 0.29) is 11.9 Å². The van der Waals surface area contributed by atoms with Gasteiger partial charge in [-0.05, 0) is 44.5 Å². The zero-order chi connectivity index (χ0) is 20.4. The van der Waals surface area contributed by atoms with E-state index in [4.69, 9.17) is 4.74 Å². The molecule has 0 unspecified atom stereocenters. The van der Waals surface area contributed by atoms with Crippen molar-refractivity contribution in [2.24, 2.45) is 7.05 Å². The Hall–Kier alpha value is -3.35. The van der Waals surface area contributed by atoms with Crippen molar-refractivity contribution in [3.8, 4) is 11.1 Å². The number of carbonyl (C=O) groups is 2. The minimum absolute atomic E-state index is 0.164. The Morgan fingerprint density at radius 3 is 2.61 bits per heavy atom. The Bertz CT molecular complexity index is 1030. The monoisotopic (exact) mass is 380 g/mol. The number of rotatable bonds is 5. The van der Waals surface area contributed by atoms with Crippen molar-refractivity contribution >= 4 is 11.9 Å². The van der Waals surface area contributed by atoms with Crippen LogP contribution in [0.3, 0.4) is 0 Å². The van der Waals surface area contributed by atoms with E-state index in [0.29, 0.717) is 11.3 Å². The summed E-state index contributed by atoms with van der Waals surface area (Å²) in [5.41, 5.74) is 5.52. The number of hydrogen-bond donors (Lipinski definition) is 2. The lowest BCUT2D eigenvalue weighted by atomic mass is 10.0. The van der Waals surface area contributed by atoms with Gasteiger partial charge in [0.05, 0.1) is 18.8 Å². The van der Waals surface area contributed by atoms with Gasteiger partial charge in [0.15, 0.2) is 0 Å². The minimum Gasteiger partial charge on any atom is -0.464 e. The first-order valence-electron chi connectivity index (χ1n) is 9.00. The zero-order valence-corrected chi connectivity index (χ0v) is 16.7. The lowest BCUT2D eigenvalue weighted by Gasteiger charge is -2.15. The molecule has 0 fully saturated rings. The Balaban J connectivity index is 1.80. The first kappa shape index (κ1) is 19.4. The van der Waals surface area contributed by atoms with E-state index in [1.807, 2.05) is 44.6 Å². The molecule has 0 aliphatic heterocycles. The molecule has 0 saturated carbocycles. The fourth-order valence-corrected chi connectivity index (χ4v) is 3.40. The topological polar surface area (TPSA) is 89.0 Å². The van der Waals surface area contributed by atoms with Crippen molar-refractivity contribution in [2.75, 3.05) is 7.11 Å². The molecule has 1 amide bonds. The number of esters is 1. The molecule has 0 spiro atoms. The lowest BCUT2D eigenvalue weighted by Crippen LogP contribution is -2.27. The second-order valence-corrected chi connectivity index (χ2v) is 6.78. The van der Waals surface area contributed by atoms with E-state index in [9.17, 15) is 9.59 Å². The van der Waals surface area contributed by atoms with Gasteiger partial charge in [0, 0.05) is 35.6 Å². The van der Waals surface area contributed by atoms with E-state index in [2.05, 4.69) is 15.4 Å². The third-order valence-electron chi connectivity index (χ3n) is 4.89. The maximum absolute atomic E-state index is 12.8. The van der Waals surface area contributed by atoms with Gasteiger partial charge >= 0.3 is 5.97 Å². The van der Waals surface area contributed by atoms with Gasteiger partial charge in [0.25, 0.3) is 5.91 Å². The molecule has 2 heterocycles. The molecule has 28 heavy (non-hydrogen) atoms. The van der Waals surface area contributed by atoms with Crippen LogP contribution in [0.1, 0.15) is 50.8 Å². The predicted molar refractivity (Wildman–Crippen MR) is 106 cm³/mol. The quantitative estimate of drug-likeness (QED) is 0.665. The van der Waals surface area contributed by atoms with E-state index in [0.717, 1.165) is 28.1 Å². The summed E-state index contributed by atoms with van der Waals surface area (Å²) in [6, 6.07) is 8.81. The lowest BCUT2D eigenvalue weighted by molar-refractivity contribution is 0.0594. The molecule has 1 aromatic carbocycles. The highest BCUT2D eigenvalue weighted by Gasteiger charge is 2.19. The predicted octanol–water partition coefficient (Wildman–Crippen LogP) is 3.31. The van der Waals surface area contributed by atoms with Gasteiger partial charge in [0.1, 0.15) is 5.69 Å². The fraction of sp³-hybridized carbons (Fsp3) is 0.286. The van der Waals surface area contributed by atoms with E-state index in [1.54, 1.807) is 24.4 Å². The van der Waals surface area contributed by atoms with Crippen LogP contribution in [0, 0.1) is 13.8 Å². The summed E-state index contributed by atoms with van der Waals surface area (Å²) >= 11 is 0. The SMILES string of the molecule is COC(=O)c1cc(-c2cccc(C(=O)N[C@@H](C)c3c(C)nn(C)c3C)c2)c[nH]1.